The van der Waals surface area contributed by atoms with Crippen molar-refractivity contribution in [3.63, 3.8) is 0 Å². The van der Waals surface area contributed by atoms with Crippen molar-refractivity contribution < 1.29 is 22.7 Å². The molecule has 1 aromatic carbocycles. The lowest BCUT2D eigenvalue weighted by Gasteiger charge is -2.30. The molecule has 0 atom stereocenters. The topological polar surface area (TPSA) is 84.9 Å². The summed E-state index contributed by atoms with van der Waals surface area (Å²) in [6.45, 7) is 3.49. The SMILES string of the molecule is CCCCCNC(=O)C1CCN(S(=O)(=O)c2ccc(OC)c(OC)c2)CC1. The van der Waals surface area contributed by atoms with Crippen LogP contribution in [0, 0.1) is 5.92 Å². The van der Waals surface area contributed by atoms with Crippen molar-refractivity contribution in [2.75, 3.05) is 33.9 Å². The number of methoxy groups -OCH3 is 2. The molecule has 2 rings (SSSR count). The van der Waals surface area contributed by atoms with Gasteiger partial charge in [-0.2, -0.15) is 4.31 Å². The molecule has 0 bridgehead atoms. The van der Waals surface area contributed by atoms with E-state index in [-0.39, 0.29) is 16.7 Å². The third kappa shape index (κ3) is 5.35. The van der Waals surface area contributed by atoms with Gasteiger partial charge in [0, 0.05) is 31.6 Å². The predicted octanol–water partition coefficient (Wildman–Crippen LogP) is 2.41. The number of nitrogens with zero attached hydrogens (tertiary/aromatic N) is 1. The number of hydrogen-bond acceptors (Lipinski definition) is 5. The van der Waals surface area contributed by atoms with Gasteiger partial charge < -0.3 is 14.8 Å². The largest absolute Gasteiger partial charge is 0.493 e. The third-order valence-corrected chi connectivity index (χ3v) is 6.79. The van der Waals surface area contributed by atoms with E-state index in [1.54, 1.807) is 6.07 Å². The molecule has 1 aliphatic heterocycles. The zero-order chi connectivity index (χ0) is 19.9. The number of nitrogens with one attached hydrogen (secondary N) is 1. The van der Waals surface area contributed by atoms with Gasteiger partial charge in [-0.15, -0.1) is 0 Å². The van der Waals surface area contributed by atoms with E-state index >= 15 is 0 Å². The number of piperidine rings is 1. The Morgan fingerprint density at radius 3 is 2.41 bits per heavy atom. The van der Waals surface area contributed by atoms with E-state index in [9.17, 15) is 13.2 Å². The molecule has 0 aliphatic carbocycles. The van der Waals surface area contributed by atoms with Gasteiger partial charge in [0.1, 0.15) is 0 Å². The molecular formula is C19H30N2O5S. The molecule has 1 aromatic rings. The molecule has 152 valence electrons. The first-order chi connectivity index (χ1) is 12.9. The average Bonchev–Trinajstić information content (AvgIpc) is 2.70. The second-order valence-corrected chi connectivity index (χ2v) is 8.63. The van der Waals surface area contributed by atoms with Crippen LogP contribution in [0.25, 0.3) is 0 Å². The van der Waals surface area contributed by atoms with Crippen molar-refractivity contribution in [2.24, 2.45) is 5.92 Å². The van der Waals surface area contributed by atoms with Crippen molar-refractivity contribution >= 4 is 15.9 Å². The smallest absolute Gasteiger partial charge is 0.243 e. The van der Waals surface area contributed by atoms with E-state index < -0.39 is 10.0 Å². The molecule has 1 amide bonds. The second kappa shape index (κ2) is 9.94. The molecule has 7 nitrogen and oxygen atoms in total. The van der Waals surface area contributed by atoms with Crippen LogP contribution in [0.4, 0.5) is 0 Å². The van der Waals surface area contributed by atoms with Crippen LogP contribution in [-0.4, -0.2) is 52.5 Å². The number of hydrogen-bond donors (Lipinski definition) is 1. The van der Waals surface area contributed by atoms with Gasteiger partial charge in [-0.3, -0.25) is 4.79 Å². The van der Waals surface area contributed by atoms with Crippen LogP contribution < -0.4 is 14.8 Å². The van der Waals surface area contributed by atoms with E-state index in [4.69, 9.17) is 9.47 Å². The summed E-state index contributed by atoms with van der Waals surface area (Å²) in [5.74, 6) is 0.771. The van der Waals surface area contributed by atoms with Gasteiger partial charge >= 0.3 is 0 Å². The fraction of sp³-hybridized carbons (Fsp3) is 0.632. The fourth-order valence-corrected chi connectivity index (χ4v) is 4.70. The number of ether oxygens (including phenoxy) is 2. The summed E-state index contributed by atoms with van der Waals surface area (Å²) in [6.07, 6.45) is 4.26. The number of sulfonamides is 1. The van der Waals surface area contributed by atoms with Crippen LogP contribution in [0.1, 0.15) is 39.0 Å². The van der Waals surface area contributed by atoms with Gasteiger partial charge in [0.05, 0.1) is 19.1 Å². The Hall–Kier alpha value is -1.80. The minimum atomic E-state index is -3.63. The van der Waals surface area contributed by atoms with E-state index in [0.29, 0.717) is 44.0 Å². The summed E-state index contributed by atoms with van der Waals surface area (Å²) < 4.78 is 37.6. The molecule has 1 aliphatic rings. The molecule has 0 spiro atoms. The normalized spacial score (nSPS) is 16.1. The summed E-state index contributed by atoms with van der Waals surface area (Å²) >= 11 is 0. The molecule has 1 heterocycles. The number of unbranched alkanes of at least 4 members (excludes halogenated alkanes) is 2. The van der Waals surface area contributed by atoms with Crippen molar-refractivity contribution in [3.05, 3.63) is 18.2 Å². The molecule has 8 heteroatoms. The highest BCUT2D eigenvalue weighted by Crippen LogP contribution is 2.31. The van der Waals surface area contributed by atoms with E-state index in [0.717, 1.165) is 19.3 Å². The first-order valence-corrected chi connectivity index (χ1v) is 10.9. The average molecular weight is 399 g/mol. The van der Waals surface area contributed by atoms with Crippen LogP contribution >= 0.6 is 0 Å². The molecular weight excluding hydrogens is 368 g/mol. The van der Waals surface area contributed by atoms with Gasteiger partial charge in [-0.25, -0.2) is 8.42 Å². The summed E-state index contributed by atoms with van der Waals surface area (Å²) in [5.41, 5.74) is 0. The van der Waals surface area contributed by atoms with Crippen LogP contribution in [0.2, 0.25) is 0 Å². The summed E-state index contributed by atoms with van der Waals surface area (Å²) in [4.78, 5) is 12.4. The molecule has 0 aromatic heterocycles. The highest BCUT2D eigenvalue weighted by atomic mass is 32.2. The van der Waals surface area contributed by atoms with E-state index in [2.05, 4.69) is 12.2 Å². The number of benzene rings is 1. The Morgan fingerprint density at radius 2 is 1.81 bits per heavy atom. The number of rotatable bonds is 9. The highest BCUT2D eigenvalue weighted by molar-refractivity contribution is 7.89. The van der Waals surface area contributed by atoms with Crippen molar-refractivity contribution in [1.82, 2.24) is 9.62 Å². The zero-order valence-electron chi connectivity index (χ0n) is 16.4. The monoisotopic (exact) mass is 398 g/mol. The Labute approximate surface area is 162 Å². The lowest BCUT2D eigenvalue weighted by Crippen LogP contribution is -2.43. The van der Waals surface area contributed by atoms with Gasteiger partial charge in [0.2, 0.25) is 15.9 Å². The van der Waals surface area contributed by atoms with E-state index in [1.165, 1.54) is 30.7 Å². The fourth-order valence-electron chi connectivity index (χ4n) is 3.22. The minimum absolute atomic E-state index is 0.0364. The zero-order valence-corrected chi connectivity index (χ0v) is 17.2. The van der Waals surface area contributed by atoms with Crippen molar-refractivity contribution in [1.29, 1.82) is 0 Å². The first-order valence-electron chi connectivity index (χ1n) is 9.44. The van der Waals surface area contributed by atoms with Crippen LogP contribution in [0.3, 0.4) is 0 Å². The van der Waals surface area contributed by atoms with Gasteiger partial charge in [-0.05, 0) is 31.4 Å². The first kappa shape index (κ1) is 21.5. The lowest BCUT2D eigenvalue weighted by atomic mass is 9.97. The molecule has 1 fully saturated rings. The van der Waals surface area contributed by atoms with Crippen LogP contribution in [0.15, 0.2) is 23.1 Å². The van der Waals surface area contributed by atoms with Gasteiger partial charge in [0.25, 0.3) is 0 Å². The Bertz CT molecular complexity index is 728. The Balaban J connectivity index is 1.97. The van der Waals surface area contributed by atoms with Crippen LogP contribution in [-0.2, 0) is 14.8 Å². The quantitative estimate of drug-likeness (QED) is 0.646. The van der Waals surface area contributed by atoms with Gasteiger partial charge in [0.15, 0.2) is 11.5 Å². The van der Waals surface area contributed by atoms with Crippen molar-refractivity contribution in [3.8, 4) is 11.5 Å². The van der Waals surface area contributed by atoms with Crippen molar-refractivity contribution in [2.45, 2.75) is 43.9 Å². The maximum absolute atomic E-state index is 12.9. The molecule has 0 radical (unpaired) electrons. The molecule has 0 unspecified atom stereocenters. The minimum Gasteiger partial charge on any atom is -0.493 e. The molecule has 0 saturated carbocycles. The predicted molar refractivity (Wildman–Crippen MR) is 104 cm³/mol. The maximum Gasteiger partial charge on any atom is 0.243 e. The number of carbonyl (C=O) groups is 1. The summed E-state index contributed by atoms with van der Waals surface area (Å²) in [5, 5.41) is 2.96. The summed E-state index contributed by atoms with van der Waals surface area (Å²) in [7, 11) is -0.652. The standard InChI is InChI=1S/C19H30N2O5S/c1-4-5-6-11-20-19(22)15-9-12-21(13-10-15)27(23,24)16-7-8-17(25-2)18(14-16)26-3/h7-8,14-15H,4-6,9-13H2,1-3H3,(H,20,22). The number of amides is 1. The molecule has 1 N–H and O–H groups in total. The second-order valence-electron chi connectivity index (χ2n) is 6.69. The summed E-state index contributed by atoms with van der Waals surface area (Å²) in [6, 6.07) is 4.58. The van der Waals surface area contributed by atoms with Crippen LogP contribution in [0.5, 0.6) is 11.5 Å². The third-order valence-electron chi connectivity index (χ3n) is 4.90. The molecule has 27 heavy (non-hydrogen) atoms. The lowest BCUT2D eigenvalue weighted by molar-refractivity contribution is -0.126. The maximum atomic E-state index is 12.9. The highest BCUT2D eigenvalue weighted by Gasteiger charge is 2.32. The van der Waals surface area contributed by atoms with Gasteiger partial charge in [-0.1, -0.05) is 19.8 Å². The Kier molecular flexibility index (Phi) is 7.91. The Morgan fingerprint density at radius 1 is 1.15 bits per heavy atom. The van der Waals surface area contributed by atoms with E-state index in [1.807, 2.05) is 0 Å². The number of carbonyl (C=O) groups excluding carboxylic acids is 1. The molecule has 1 saturated heterocycles.